The number of hydrogen-bond donors (Lipinski definition) is 0. The van der Waals surface area contributed by atoms with Gasteiger partial charge in [0.05, 0.1) is 19.3 Å². The molecule has 0 rings (SSSR count). The molecule has 0 aliphatic rings. The van der Waals surface area contributed by atoms with E-state index < -0.39 is 23.3 Å². The first-order chi connectivity index (χ1) is 9.83. The van der Waals surface area contributed by atoms with Crippen molar-refractivity contribution in [3.8, 4) is 12.1 Å². The maximum Gasteiger partial charge on any atom is 0.348 e. The lowest BCUT2D eigenvalue weighted by Crippen LogP contribution is -2.31. The fourth-order valence-corrected chi connectivity index (χ4v) is 1.64. The van der Waals surface area contributed by atoms with Crippen LogP contribution in [0.2, 0.25) is 0 Å². The Kier molecular flexibility index (Phi) is 7.78. The summed E-state index contributed by atoms with van der Waals surface area (Å²) in [6, 6.07) is 3.68. The SMILES string of the molecule is CCOC(=O)/C(C#N)=C\CC(C)(C)C(C#N)C(=O)OCC. The predicted molar refractivity (Wildman–Crippen MR) is 74.5 cm³/mol. The van der Waals surface area contributed by atoms with Gasteiger partial charge in [0, 0.05) is 0 Å². The van der Waals surface area contributed by atoms with Crippen LogP contribution in [0.4, 0.5) is 0 Å². The lowest BCUT2D eigenvalue weighted by molar-refractivity contribution is -0.149. The van der Waals surface area contributed by atoms with Crippen molar-refractivity contribution in [2.24, 2.45) is 11.3 Å². The smallest absolute Gasteiger partial charge is 0.348 e. The predicted octanol–water partition coefficient (Wildman–Crippen LogP) is 2.12. The first kappa shape index (κ1) is 18.7. The van der Waals surface area contributed by atoms with E-state index >= 15 is 0 Å². The van der Waals surface area contributed by atoms with Gasteiger partial charge < -0.3 is 9.47 Å². The quantitative estimate of drug-likeness (QED) is 0.405. The van der Waals surface area contributed by atoms with E-state index in [0.29, 0.717) is 0 Å². The van der Waals surface area contributed by atoms with Gasteiger partial charge in [-0.2, -0.15) is 10.5 Å². The van der Waals surface area contributed by atoms with Crippen LogP contribution in [0.25, 0.3) is 0 Å². The van der Waals surface area contributed by atoms with Crippen LogP contribution < -0.4 is 0 Å². The summed E-state index contributed by atoms with van der Waals surface area (Å²) in [6.07, 6.45) is 1.59. The maximum atomic E-state index is 11.7. The summed E-state index contributed by atoms with van der Waals surface area (Å²) in [6.45, 7) is 7.07. The second kappa shape index (κ2) is 8.76. The van der Waals surface area contributed by atoms with Gasteiger partial charge in [-0.3, -0.25) is 4.79 Å². The van der Waals surface area contributed by atoms with Crippen molar-refractivity contribution in [1.82, 2.24) is 0 Å². The highest BCUT2D eigenvalue weighted by molar-refractivity contribution is 5.92. The Morgan fingerprint density at radius 1 is 1.19 bits per heavy atom. The lowest BCUT2D eigenvalue weighted by Gasteiger charge is -2.26. The monoisotopic (exact) mass is 292 g/mol. The van der Waals surface area contributed by atoms with Crippen molar-refractivity contribution in [3.63, 3.8) is 0 Å². The number of allylic oxidation sites excluding steroid dienone is 1. The minimum Gasteiger partial charge on any atom is -0.465 e. The van der Waals surface area contributed by atoms with Crippen LogP contribution >= 0.6 is 0 Å². The molecule has 6 heteroatoms. The third kappa shape index (κ3) is 5.66. The Bertz CT molecular complexity index is 495. The van der Waals surface area contributed by atoms with Gasteiger partial charge in [-0.15, -0.1) is 0 Å². The molecule has 0 heterocycles. The molecule has 21 heavy (non-hydrogen) atoms. The number of nitrogens with zero attached hydrogens (tertiary/aromatic N) is 2. The fourth-order valence-electron chi connectivity index (χ4n) is 1.64. The van der Waals surface area contributed by atoms with Crippen molar-refractivity contribution in [2.45, 2.75) is 34.1 Å². The third-order valence-corrected chi connectivity index (χ3v) is 2.88. The van der Waals surface area contributed by atoms with Gasteiger partial charge in [-0.25, -0.2) is 4.79 Å². The van der Waals surface area contributed by atoms with Crippen molar-refractivity contribution < 1.29 is 19.1 Å². The molecule has 0 spiro atoms. The number of esters is 2. The second-order valence-electron chi connectivity index (χ2n) is 4.96. The number of nitriles is 2. The van der Waals surface area contributed by atoms with E-state index in [0.717, 1.165) is 0 Å². The summed E-state index contributed by atoms with van der Waals surface area (Å²) in [5.41, 5.74) is -0.902. The first-order valence-corrected chi connectivity index (χ1v) is 6.67. The topological polar surface area (TPSA) is 100 Å². The van der Waals surface area contributed by atoms with Gasteiger partial charge in [0.15, 0.2) is 0 Å². The molecular weight excluding hydrogens is 272 g/mol. The molecule has 0 radical (unpaired) electrons. The largest absolute Gasteiger partial charge is 0.465 e. The molecule has 0 aromatic carbocycles. The van der Waals surface area contributed by atoms with Crippen LogP contribution in [-0.4, -0.2) is 25.2 Å². The normalized spacial score (nSPS) is 12.8. The van der Waals surface area contributed by atoms with Crippen molar-refractivity contribution >= 4 is 11.9 Å². The van der Waals surface area contributed by atoms with Crippen LogP contribution in [0.5, 0.6) is 0 Å². The summed E-state index contributed by atoms with van der Waals surface area (Å²) < 4.78 is 9.61. The molecule has 1 atom stereocenters. The molecule has 0 N–H and O–H groups in total. The fraction of sp³-hybridized carbons (Fsp3) is 0.600. The number of carbonyl (C=O) groups excluding carboxylic acids is 2. The highest BCUT2D eigenvalue weighted by Crippen LogP contribution is 2.32. The number of hydrogen-bond acceptors (Lipinski definition) is 6. The molecule has 0 aliphatic carbocycles. The van der Waals surface area contributed by atoms with Gasteiger partial charge in [0.1, 0.15) is 17.6 Å². The summed E-state index contributed by atoms with van der Waals surface area (Å²) >= 11 is 0. The Morgan fingerprint density at radius 3 is 2.19 bits per heavy atom. The second-order valence-corrected chi connectivity index (χ2v) is 4.96. The van der Waals surface area contributed by atoms with Crippen LogP contribution in [0.15, 0.2) is 11.6 Å². The van der Waals surface area contributed by atoms with Crippen LogP contribution in [-0.2, 0) is 19.1 Å². The van der Waals surface area contributed by atoms with E-state index in [-0.39, 0.29) is 25.2 Å². The molecule has 0 fully saturated rings. The molecule has 0 saturated heterocycles. The number of ether oxygens (including phenoxy) is 2. The summed E-state index contributed by atoms with van der Waals surface area (Å²) in [5.74, 6) is -2.29. The van der Waals surface area contributed by atoms with Gasteiger partial charge in [-0.05, 0) is 25.7 Å². The van der Waals surface area contributed by atoms with E-state index in [1.54, 1.807) is 33.8 Å². The third-order valence-electron chi connectivity index (χ3n) is 2.88. The lowest BCUT2D eigenvalue weighted by atomic mass is 9.76. The summed E-state index contributed by atoms with van der Waals surface area (Å²) in [4.78, 5) is 23.2. The molecular formula is C15H20N2O4. The summed E-state index contributed by atoms with van der Waals surface area (Å²) in [7, 11) is 0. The van der Waals surface area contributed by atoms with Gasteiger partial charge in [0.25, 0.3) is 0 Å². The Hall–Kier alpha value is -2.34. The Balaban J connectivity index is 5.09. The first-order valence-electron chi connectivity index (χ1n) is 6.67. The molecule has 0 saturated carbocycles. The van der Waals surface area contributed by atoms with Crippen molar-refractivity contribution in [2.75, 3.05) is 13.2 Å². The molecule has 0 aromatic heterocycles. The molecule has 0 aromatic rings. The zero-order valence-corrected chi connectivity index (χ0v) is 12.8. The number of carbonyl (C=O) groups is 2. The van der Waals surface area contributed by atoms with E-state index in [4.69, 9.17) is 20.0 Å². The maximum absolute atomic E-state index is 11.7. The van der Waals surface area contributed by atoms with Crippen LogP contribution in [0, 0.1) is 34.0 Å². The highest BCUT2D eigenvalue weighted by atomic mass is 16.5. The number of rotatable bonds is 7. The van der Waals surface area contributed by atoms with Crippen molar-refractivity contribution in [1.29, 1.82) is 10.5 Å². The average molecular weight is 292 g/mol. The molecule has 6 nitrogen and oxygen atoms in total. The van der Waals surface area contributed by atoms with Gasteiger partial charge in [-0.1, -0.05) is 19.9 Å². The Labute approximate surface area is 124 Å². The average Bonchev–Trinajstić information content (AvgIpc) is 2.40. The zero-order valence-electron chi connectivity index (χ0n) is 12.8. The highest BCUT2D eigenvalue weighted by Gasteiger charge is 2.36. The van der Waals surface area contributed by atoms with Gasteiger partial charge >= 0.3 is 11.9 Å². The van der Waals surface area contributed by atoms with E-state index in [1.807, 2.05) is 6.07 Å². The minimum absolute atomic E-state index is 0.134. The summed E-state index contributed by atoms with van der Waals surface area (Å²) in [5, 5.41) is 18.1. The molecule has 0 aliphatic heterocycles. The zero-order chi connectivity index (χ0) is 16.5. The van der Waals surface area contributed by atoms with Crippen LogP contribution in [0.3, 0.4) is 0 Å². The van der Waals surface area contributed by atoms with E-state index in [1.165, 1.54) is 6.08 Å². The van der Waals surface area contributed by atoms with E-state index in [9.17, 15) is 9.59 Å². The van der Waals surface area contributed by atoms with E-state index in [2.05, 4.69) is 0 Å². The molecule has 0 bridgehead atoms. The molecule has 114 valence electrons. The minimum atomic E-state index is -0.976. The van der Waals surface area contributed by atoms with Crippen LogP contribution in [0.1, 0.15) is 34.1 Å². The molecule has 1 unspecified atom stereocenters. The van der Waals surface area contributed by atoms with Gasteiger partial charge in [0.2, 0.25) is 0 Å². The molecule has 0 amide bonds. The van der Waals surface area contributed by atoms with Crippen molar-refractivity contribution in [3.05, 3.63) is 11.6 Å². The standard InChI is InChI=1S/C15H20N2O4/c1-5-20-13(18)11(9-16)7-8-15(3,4)12(10-17)14(19)21-6-2/h7,12H,5-6,8H2,1-4H3/b11-7-. The Morgan fingerprint density at radius 2 is 1.76 bits per heavy atom.